The standard InChI is InChI=1S/C22H26ClN3O4/c1-29-19-8-7-17(23)12-18(19)25-21(27)10-5-15-4-3-11-26(14-15)20-9-6-16(13-24-20)22(28)30-2/h6-9,12-13,15H,3-5,10-11,14H2,1-2H3,(H,25,27). The van der Waals surface area contributed by atoms with E-state index in [0.29, 0.717) is 34.4 Å². The molecule has 1 aliphatic rings. The number of ether oxygens (including phenoxy) is 2. The van der Waals surface area contributed by atoms with E-state index in [4.69, 9.17) is 21.1 Å². The van der Waals surface area contributed by atoms with Crippen LogP contribution in [0.3, 0.4) is 0 Å². The molecular formula is C22H26ClN3O4. The molecule has 0 bridgehead atoms. The van der Waals surface area contributed by atoms with Gasteiger partial charge in [-0.2, -0.15) is 0 Å². The van der Waals surface area contributed by atoms with Gasteiger partial charge in [0.25, 0.3) is 0 Å². The van der Waals surface area contributed by atoms with Crippen LogP contribution in [0.15, 0.2) is 36.5 Å². The second-order valence-electron chi connectivity index (χ2n) is 7.28. The Hall–Kier alpha value is -2.80. The van der Waals surface area contributed by atoms with Crippen LogP contribution < -0.4 is 15.0 Å². The average Bonchev–Trinajstić information content (AvgIpc) is 2.77. The molecule has 30 heavy (non-hydrogen) atoms. The maximum Gasteiger partial charge on any atom is 0.339 e. The summed E-state index contributed by atoms with van der Waals surface area (Å²) in [5, 5.41) is 3.43. The third kappa shape index (κ3) is 5.63. The first-order valence-corrected chi connectivity index (χ1v) is 10.3. The highest BCUT2D eigenvalue weighted by Gasteiger charge is 2.22. The topological polar surface area (TPSA) is 80.8 Å². The lowest BCUT2D eigenvalue weighted by atomic mass is 9.93. The van der Waals surface area contributed by atoms with Crippen LogP contribution in [0.4, 0.5) is 11.5 Å². The van der Waals surface area contributed by atoms with Gasteiger partial charge in [-0.3, -0.25) is 4.79 Å². The zero-order chi connectivity index (χ0) is 21.5. The quantitative estimate of drug-likeness (QED) is 0.663. The highest BCUT2D eigenvalue weighted by molar-refractivity contribution is 6.31. The van der Waals surface area contributed by atoms with Crippen molar-refractivity contribution < 1.29 is 19.1 Å². The second-order valence-corrected chi connectivity index (χ2v) is 7.72. The highest BCUT2D eigenvalue weighted by Crippen LogP contribution is 2.29. The van der Waals surface area contributed by atoms with Crippen molar-refractivity contribution in [2.24, 2.45) is 5.92 Å². The third-order valence-electron chi connectivity index (χ3n) is 5.23. The van der Waals surface area contributed by atoms with E-state index >= 15 is 0 Å². The van der Waals surface area contributed by atoms with E-state index in [0.717, 1.165) is 38.2 Å². The predicted octanol–water partition coefficient (Wildman–Crippen LogP) is 4.17. The number of rotatable bonds is 7. The minimum atomic E-state index is -0.395. The van der Waals surface area contributed by atoms with Crippen molar-refractivity contribution in [1.29, 1.82) is 0 Å². The summed E-state index contributed by atoms with van der Waals surface area (Å²) in [6.07, 6.45) is 4.85. The van der Waals surface area contributed by atoms with Crippen molar-refractivity contribution in [2.75, 3.05) is 37.5 Å². The number of nitrogens with one attached hydrogen (secondary N) is 1. The first-order chi connectivity index (χ1) is 14.5. The first kappa shape index (κ1) is 21.9. The normalized spacial score (nSPS) is 16.1. The SMILES string of the molecule is COC(=O)c1ccc(N2CCCC(CCC(=O)Nc3cc(Cl)ccc3OC)C2)nc1. The average molecular weight is 432 g/mol. The zero-order valence-electron chi connectivity index (χ0n) is 17.2. The number of halogens is 1. The highest BCUT2D eigenvalue weighted by atomic mass is 35.5. The van der Waals surface area contributed by atoms with Crippen LogP contribution in [0.1, 0.15) is 36.0 Å². The molecule has 0 spiro atoms. The molecule has 2 heterocycles. The van der Waals surface area contributed by atoms with Gasteiger partial charge in [0.05, 0.1) is 25.5 Å². The molecular weight excluding hydrogens is 406 g/mol. The van der Waals surface area contributed by atoms with Crippen molar-refractivity contribution in [3.63, 3.8) is 0 Å². The van der Waals surface area contributed by atoms with E-state index in [2.05, 4.69) is 15.2 Å². The number of hydrogen-bond donors (Lipinski definition) is 1. The number of anilines is 2. The van der Waals surface area contributed by atoms with E-state index in [1.54, 1.807) is 31.4 Å². The summed E-state index contributed by atoms with van der Waals surface area (Å²) < 4.78 is 9.98. The fourth-order valence-electron chi connectivity index (χ4n) is 3.65. The zero-order valence-corrected chi connectivity index (χ0v) is 17.9. The lowest BCUT2D eigenvalue weighted by molar-refractivity contribution is -0.116. The van der Waals surface area contributed by atoms with Gasteiger partial charge in [-0.05, 0) is 55.5 Å². The molecule has 1 N–H and O–H groups in total. The monoisotopic (exact) mass is 431 g/mol. The molecule has 3 rings (SSSR count). The van der Waals surface area contributed by atoms with Gasteiger partial charge >= 0.3 is 5.97 Å². The van der Waals surface area contributed by atoms with Gasteiger partial charge in [0.1, 0.15) is 11.6 Å². The molecule has 1 aliphatic heterocycles. The maximum absolute atomic E-state index is 12.4. The number of methoxy groups -OCH3 is 2. The number of benzene rings is 1. The number of piperidine rings is 1. The third-order valence-corrected chi connectivity index (χ3v) is 5.46. The summed E-state index contributed by atoms with van der Waals surface area (Å²) >= 11 is 6.02. The molecule has 0 aliphatic carbocycles. The summed E-state index contributed by atoms with van der Waals surface area (Å²) in [4.78, 5) is 30.6. The Bertz CT molecular complexity index is 888. The van der Waals surface area contributed by atoms with Crippen molar-refractivity contribution >= 4 is 35.0 Å². The number of carbonyl (C=O) groups excluding carboxylic acids is 2. The summed E-state index contributed by atoms with van der Waals surface area (Å²) in [7, 11) is 2.91. The number of hydrogen-bond acceptors (Lipinski definition) is 6. The van der Waals surface area contributed by atoms with Crippen molar-refractivity contribution in [3.05, 3.63) is 47.1 Å². The van der Waals surface area contributed by atoms with E-state index in [-0.39, 0.29) is 5.91 Å². The van der Waals surface area contributed by atoms with Gasteiger partial charge in [-0.25, -0.2) is 9.78 Å². The molecule has 1 aromatic carbocycles. The van der Waals surface area contributed by atoms with Crippen LogP contribution in [0, 0.1) is 5.92 Å². The van der Waals surface area contributed by atoms with Gasteiger partial charge in [0, 0.05) is 30.7 Å². The minimum Gasteiger partial charge on any atom is -0.495 e. The summed E-state index contributed by atoms with van der Waals surface area (Å²) in [6, 6.07) is 8.70. The first-order valence-electron chi connectivity index (χ1n) is 9.93. The van der Waals surface area contributed by atoms with Crippen LogP contribution in [0.2, 0.25) is 5.02 Å². The molecule has 2 aromatic rings. The van der Waals surface area contributed by atoms with Crippen molar-refractivity contribution in [2.45, 2.75) is 25.7 Å². The molecule has 1 amide bonds. The number of aromatic nitrogens is 1. The second kappa shape index (κ2) is 10.3. The maximum atomic E-state index is 12.4. The van der Waals surface area contributed by atoms with E-state index in [1.807, 2.05) is 6.07 Å². The summed E-state index contributed by atoms with van der Waals surface area (Å²) in [5.41, 5.74) is 1.01. The Morgan fingerprint density at radius 2 is 2.10 bits per heavy atom. The van der Waals surface area contributed by atoms with Gasteiger partial charge in [0.2, 0.25) is 5.91 Å². The Morgan fingerprint density at radius 3 is 2.80 bits per heavy atom. The number of nitrogens with zero attached hydrogens (tertiary/aromatic N) is 2. The van der Waals surface area contributed by atoms with Crippen LogP contribution in [-0.4, -0.2) is 44.2 Å². The van der Waals surface area contributed by atoms with Crippen molar-refractivity contribution in [1.82, 2.24) is 4.98 Å². The lowest BCUT2D eigenvalue weighted by Gasteiger charge is -2.33. The fourth-order valence-corrected chi connectivity index (χ4v) is 3.82. The molecule has 7 nitrogen and oxygen atoms in total. The van der Waals surface area contributed by atoms with Crippen LogP contribution in [0.25, 0.3) is 0 Å². The van der Waals surface area contributed by atoms with E-state index in [9.17, 15) is 9.59 Å². The van der Waals surface area contributed by atoms with Gasteiger partial charge in [-0.1, -0.05) is 11.6 Å². The fraction of sp³-hybridized carbons (Fsp3) is 0.409. The predicted molar refractivity (Wildman–Crippen MR) is 116 cm³/mol. The molecule has 0 radical (unpaired) electrons. The smallest absolute Gasteiger partial charge is 0.339 e. The van der Waals surface area contributed by atoms with Crippen LogP contribution in [-0.2, 0) is 9.53 Å². The number of esters is 1. The van der Waals surface area contributed by atoms with E-state index in [1.165, 1.54) is 13.3 Å². The Labute approximate surface area is 181 Å². The Balaban J connectivity index is 1.53. The molecule has 1 unspecified atom stereocenters. The minimum absolute atomic E-state index is 0.0618. The van der Waals surface area contributed by atoms with Gasteiger partial charge in [-0.15, -0.1) is 0 Å². The molecule has 160 valence electrons. The molecule has 0 saturated carbocycles. The largest absolute Gasteiger partial charge is 0.495 e. The number of pyridine rings is 1. The summed E-state index contributed by atoms with van der Waals surface area (Å²) in [6.45, 7) is 1.74. The van der Waals surface area contributed by atoms with Gasteiger partial charge < -0.3 is 19.7 Å². The van der Waals surface area contributed by atoms with Crippen LogP contribution in [0.5, 0.6) is 5.75 Å². The number of carbonyl (C=O) groups is 2. The Morgan fingerprint density at radius 1 is 1.27 bits per heavy atom. The van der Waals surface area contributed by atoms with E-state index < -0.39 is 5.97 Å². The van der Waals surface area contributed by atoms with Crippen molar-refractivity contribution in [3.8, 4) is 5.75 Å². The van der Waals surface area contributed by atoms with Crippen LogP contribution >= 0.6 is 11.6 Å². The molecule has 1 saturated heterocycles. The molecule has 1 atom stereocenters. The molecule has 1 fully saturated rings. The van der Waals surface area contributed by atoms with Gasteiger partial charge in [0.15, 0.2) is 0 Å². The Kier molecular flexibility index (Phi) is 7.52. The molecule has 1 aromatic heterocycles. The molecule has 8 heteroatoms. The lowest BCUT2D eigenvalue weighted by Crippen LogP contribution is -2.36. The summed E-state index contributed by atoms with van der Waals surface area (Å²) in [5.74, 6) is 1.35. The number of amides is 1.